The third kappa shape index (κ3) is 9.37. The highest BCUT2D eigenvalue weighted by Crippen LogP contribution is 2.13. The van der Waals surface area contributed by atoms with Crippen LogP contribution in [0.5, 0.6) is 5.75 Å². The molecule has 2 aromatic rings. The van der Waals surface area contributed by atoms with Crippen molar-refractivity contribution in [1.29, 1.82) is 0 Å². The van der Waals surface area contributed by atoms with Gasteiger partial charge in [0.1, 0.15) is 5.75 Å². The highest BCUT2D eigenvalue weighted by atomic mass is 16.5. The molecule has 30 heavy (non-hydrogen) atoms. The van der Waals surface area contributed by atoms with Crippen LogP contribution >= 0.6 is 0 Å². The molecule has 0 saturated heterocycles. The van der Waals surface area contributed by atoms with Crippen molar-refractivity contribution in [2.24, 2.45) is 0 Å². The lowest BCUT2D eigenvalue weighted by atomic mass is 10.0. The molecule has 0 radical (unpaired) electrons. The van der Waals surface area contributed by atoms with Crippen molar-refractivity contribution < 1.29 is 19.1 Å². The summed E-state index contributed by atoms with van der Waals surface area (Å²) >= 11 is 0. The smallest absolute Gasteiger partial charge is 0.336 e. The summed E-state index contributed by atoms with van der Waals surface area (Å²) in [5, 5.41) is 0. The molecule has 0 unspecified atom stereocenters. The van der Waals surface area contributed by atoms with Crippen molar-refractivity contribution in [2.75, 3.05) is 6.61 Å². The molecule has 0 spiro atoms. The number of benzene rings is 2. The zero-order chi connectivity index (χ0) is 21.6. The first kappa shape index (κ1) is 23.1. The number of hydrogen-bond acceptors (Lipinski definition) is 4. The third-order valence-electron chi connectivity index (χ3n) is 4.65. The minimum atomic E-state index is -0.387. The number of carbonyl (C=O) groups is 2. The molecule has 0 atom stereocenters. The van der Waals surface area contributed by atoms with Crippen molar-refractivity contribution in [2.45, 2.75) is 45.4 Å². The molecule has 2 rings (SSSR count). The van der Waals surface area contributed by atoms with Gasteiger partial charge in [-0.3, -0.25) is 0 Å². The predicted molar refractivity (Wildman–Crippen MR) is 120 cm³/mol. The minimum Gasteiger partial charge on any atom is -0.463 e. The quantitative estimate of drug-likeness (QED) is 0.192. The van der Waals surface area contributed by atoms with Crippen molar-refractivity contribution in [3.05, 3.63) is 84.0 Å². The summed E-state index contributed by atoms with van der Waals surface area (Å²) in [6, 6.07) is 15.6. The van der Waals surface area contributed by atoms with E-state index in [-0.39, 0.29) is 11.9 Å². The Balaban J connectivity index is 1.62. The first-order valence-electron chi connectivity index (χ1n) is 10.4. The van der Waals surface area contributed by atoms with Gasteiger partial charge in [-0.15, -0.1) is 0 Å². The van der Waals surface area contributed by atoms with Crippen LogP contribution in [0.1, 0.15) is 48.8 Å². The summed E-state index contributed by atoms with van der Waals surface area (Å²) in [6.45, 7) is 5.83. The van der Waals surface area contributed by atoms with Gasteiger partial charge in [-0.25, -0.2) is 9.59 Å². The molecule has 4 nitrogen and oxygen atoms in total. The number of esters is 2. The van der Waals surface area contributed by atoms with Crippen LogP contribution in [-0.2, 0) is 20.7 Å². The summed E-state index contributed by atoms with van der Waals surface area (Å²) in [4.78, 5) is 22.8. The van der Waals surface area contributed by atoms with Crippen LogP contribution in [0.3, 0.4) is 0 Å². The maximum Gasteiger partial charge on any atom is 0.336 e. The van der Waals surface area contributed by atoms with Crippen molar-refractivity contribution >= 4 is 18.0 Å². The van der Waals surface area contributed by atoms with Crippen LogP contribution in [0.4, 0.5) is 0 Å². The van der Waals surface area contributed by atoms with Crippen molar-refractivity contribution in [1.82, 2.24) is 0 Å². The van der Waals surface area contributed by atoms with E-state index in [1.807, 2.05) is 31.2 Å². The van der Waals surface area contributed by atoms with Gasteiger partial charge in [0.05, 0.1) is 6.61 Å². The van der Waals surface area contributed by atoms with E-state index in [1.54, 1.807) is 18.2 Å². The second-order valence-corrected chi connectivity index (χ2v) is 7.20. The molecule has 0 aliphatic carbocycles. The number of unbranched alkanes of at least 4 members (excludes halogenated alkanes) is 4. The first-order chi connectivity index (χ1) is 14.6. The Hall–Kier alpha value is -3.14. The van der Waals surface area contributed by atoms with Gasteiger partial charge in [-0.05, 0) is 55.5 Å². The fraction of sp³-hybridized carbons (Fsp3) is 0.308. The van der Waals surface area contributed by atoms with Gasteiger partial charge < -0.3 is 9.47 Å². The van der Waals surface area contributed by atoms with E-state index in [1.165, 1.54) is 17.7 Å². The fourth-order valence-corrected chi connectivity index (χ4v) is 2.91. The van der Waals surface area contributed by atoms with Gasteiger partial charge in [-0.2, -0.15) is 0 Å². The van der Waals surface area contributed by atoms with Crippen LogP contribution in [0, 0.1) is 6.92 Å². The normalized spacial score (nSPS) is 10.7. The van der Waals surface area contributed by atoms with Crippen LogP contribution in [0.15, 0.2) is 67.3 Å². The fourth-order valence-electron chi connectivity index (χ4n) is 2.91. The van der Waals surface area contributed by atoms with Crippen LogP contribution in [0.2, 0.25) is 0 Å². The number of aryl methyl sites for hydroxylation is 2. The molecule has 0 amide bonds. The van der Waals surface area contributed by atoms with E-state index >= 15 is 0 Å². The van der Waals surface area contributed by atoms with E-state index in [2.05, 4.69) is 18.7 Å². The van der Waals surface area contributed by atoms with E-state index < -0.39 is 0 Å². The Bertz CT molecular complexity index is 832. The van der Waals surface area contributed by atoms with Gasteiger partial charge >= 0.3 is 11.9 Å². The lowest BCUT2D eigenvalue weighted by Gasteiger charge is -2.04. The Labute approximate surface area is 179 Å². The topological polar surface area (TPSA) is 52.6 Å². The van der Waals surface area contributed by atoms with Crippen LogP contribution in [0.25, 0.3) is 6.08 Å². The van der Waals surface area contributed by atoms with E-state index in [9.17, 15) is 9.59 Å². The van der Waals surface area contributed by atoms with Crippen LogP contribution in [-0.4, -0.2) is 18.5 Å². The SMILES string of the molecule is C=CC(=O)OCCCCCCCc1ccc(C=CC(=O)Oc2ccc(C)cc2)cc1. The lowest BCUT2D eigenvalue weighted by molar-refractivity contribution is -0.137. The summed E-state index contributed by atoms with van der Waals surface area (Å²) in [5.74, 6) is -0.193. The number of carbonyl (C=O) groups excluding carboxylic acids is 2. The molecule has 158 valence electrons. The average Bonchev–Trinajstić information content (AvgIpc) is 2.76. The number of ether oxygens (including phenoxy) is 2. The van der Waals surface area contributed by atoms with E-state index in [0.717, 1.165) is 49.7 Å². The summed E-state index contributed by atoms with van der Waals surface area (Å²) in [7, 11) is 0. The molecule has 4 heteroatoms. The Morgan fingerprint density at radius 2 is 1.53 bits per heavy atom. The predicted octanol–water partition coefficient (Wildman–Crippen LogP) is 5.84. The van der Waals surface area contributed by atoms with Gasteiger partial charge in [-0.1, -0.05) is 67.8 Å². The van der Waals surface area contributed by atoms with Crippen molar-refractivity contribution in [3.8, 4) is 5.75 Å². The molecular weight excluding hydrogens is 376 g/mol. The zero-order valence-corrected chi connectivity index (χ0v) is 17.6. The molecule has 0 N–H and O–H groups in total. The van der Waals surface area contributed by atoms with Crippen molar-refractivity contribution in [3.63, 3.8) is 0 Å². The van der Waals surface area contributed by atoms with Gasteiger partial charge in [0.2, 0.25) is 0 Å². The highest BCUT2D eigenvalue weighted by molar-refractivity contribution is 5.88. The average molecular weight is 407 g/mol. The zero-order valence-electron chi connectivity index (χ0n) is 17.6. The number of rotatable bonds is 12. The van der Waals surface area contributed by atoms with E-state index in [4.69, 9.17) is 9.47 Å². The largest absolute Gasteiger partial charge is 0.463 e. The molecular formula is C26H30O4. The molecule has 0 heterocycles. The number of hydrogen-bond donors (Lipinski definition) is 0. The molecule has 0 aliphatic rings. The first-order valence-corrected chi connectivity index (χ1v) is 10.4. The Kier molecular flexibility index (Phi) is 10.1. The van der Waals surface area contributed by atoms with Gasteiger partial charge in [0, 0.05) is 12.2 Å². The highest BCUT2D eigenvalue weighted by Gasteiger charge is 2.01. The monoisotopic (exact) mass is 406 g/mol. The molecule has 0 fully saturated rings. The molecule has 2 aromatic carbocycles. The molecule has 0 aliphatic heterocycles. The maximum atomic E-state index is 11.9. The molecule has 0 bridgehead atoms. The van der Waals surface area contributed by atoms with Gasteiger partial charge in [0.25, 0.3) is 0 Å². The second-order valence-electron chi connectivity index (χ2n) is 7.20. The standard InChI is InChI=1S/C26H30O4/c1-3-25(27)29-20-8-6-4-5-7-9-22-12-14-23(15-13-22)16-19-26(28)30-24-17-10-21(2)11-18-24/h3,10-19H,1,4-9,20H2,2H3. The Morgan fingerprint density at radius 1 is 0.867 bits per heavy atom. The van der Waals surface area contributed by atoms with Gasteiger partial charge in [0.15, 0.2) is 0 Å². The molecule has 0 aromatic heterocycles. The Morgan fingerprint density at radius 3 is 2.23 bits per heavy atom. The maximum absolute atomic E-state index is 11.9. The molecule has 0 saturated carbocycles. The third-order valence-corrected chi connectivity index (χ3v) is 4.65. The minimum absolute atomic E-state index is 0.351. The van der Waals surface area contributed by atoms with Crippen LogP contribution < -0.4 is 4.74 Å². The second kappa shape index (κ2) is 13.2. The van der Waals surface area contributed by atoms with E-state index in [0.29, 0.717) is 12.4 Å². The summed E-state index contributed by atoms with van der Waals surface area (Å²) in [5.41, 5.74) is 3.37. The summed E-state index contributed by atoms with van der Waals surface area (Å²) < 4.78 is 10.2. The lowest BCUT2D eigenvalue weighted by Crippen LogP contribution is -2.03. The summed E-state index contributed by atoms with van der Waals surface area (Å²) in [6.07, 6.45) is 10.8.